The third-order valence-electron chi connectivity index (χ3n) is 4.75. The van der Waals surface area contributed by atoms with Crippen molar-refractivity contribution >= 4 is 17.7 Å². The normalized spacial score (nSPS) is 27.8. The molecule has 2 rings (SSSR count). The van der Waals surface area contributed by atoms with Crippen molar-refractivity contribution in [3.8, 4) is 0 Å². The van der Waals surface area contributed by atoms with E-state index in [2.05, 4.69) is 35.8 Å². The average molecular weight is 298 g/mol. The van der Waals surface area contributed by atoms with Gasteiger partial charge in [-0.25, -0.2) is 0 Å². The van der Waals surface area contributed by atoms with Crippen LogP contribution in [0, 0.1) is 0 Å². The van der Waals surface area contributed by atoms with Crippen molar-refractivity contribution in [2.24, 2.45) is 0 Å². The van der Waals surface area contributed by atoms with E-state index < -0.39 is 0 Å². The Morgan fingerprint density at radius 3 is 2.65 bits per heavy atom. The SMILES string of the molecule is CC[C@H]1CN([C@H](C)C(=O)NC2CCCCCC2)CCS1. The summed E-state index contributed by atoms with van der Waals surface area (Å²) in [4.78, 5) is 14.8. The van der Waals surface area contributed by atoms with Crippen LogP contribution >= 0.6 is 11.8 Å². The predicted octanol–water partition coefficient (Wildman–Crippen LogP) is 3.04. The van der Waals surface area contributed by atoms with Crippen LogP contribution in [0.2, 0.25) is 0 Å². The second kappa shape index (κ2) is 8.28. The minimum Gasteiger partial charge on any atom is -0.352 e. The number of thioether (sulfide) groups is 1. The van der Waals surface area contributed by atoms with Crippen LogP contribution in [0.5, 0.6) is 0 Å². The summed E-state index contributed by atoms with van der Waals surface area (Å²) in [6.07, 6.45) is 8.78. The Morgan fingerprint density at radius 1 is 1.30 bits per heavy atom. The third-order valence-corrected chi connectivity index (χ3v) is 6.13. The van der Waals surface area contributed by atoms with Gasteiger partial charge in [-0.15, -0.1) is 0 Å². The standard InChI is InChI=1S/C16H30N2OS/c1-3-15-12-18(10-11-20-15)13(2)16(19)17-14-8-6-4-5-7-9-14/h13-15H,3-12H2,1-2H3,(H,17,19)/t13-,15+/m1/s1. The van der Waals surface area contributed by atoms with E-state index in [0.717, 1.165) is 13.1 Å². The monoisotopic (exact) mass is 298 g/mol. The molecule has 0 aromatic heterocycles. The van der Waals surface area contributed by atoms with E-state index in [1.54, 1.807) is 0 Å². The maximum absolute atomic E-state index is 12.5. The number of nitrogens with zero attached hydrogens (tertiary/aromatic N) is 1. The van der Waals surface area contributed by atoms with E-state index in [9.17, 15) is 4.79 Å². The Morgan fingerprint density at radius 2 is 2.00 bits per heavy atom. The Balaban J connectivity index is 1.81. The molecule has 1 saturated heterocycles. The van der Waals surface area contributed by atoms with Crippen LogP contribution in [-0.2, 0) is 4.79 Å². The fraction of sp³-hybridized carbons (Fsp3) is 0.938. The zero-order valence-corrected chi connectivity index (χ0v) is 13.9. The topological polar surface area (TPSA) is 32.3 Å². The largest absolute Gasteiger partial charge is 0.352 e. The number of carbonyl (C=O) groups excluding carboxylic acids is 1. The van der Waals surface area contributed by atoms with Gasteiger partial charge in [0.2, 0.25) is 5.91 Å². The van der Waals surface area contributed by atoms with Crippen molar-refractivity contribution in [2.75, 3.05) is 18.8 Å². The predicted molar refractivity (Wildman–Crippen MR) is 87.2 cm³/mol. The molecule has 0 radical (unpaired) electrons. The molecule has 3 nitrogen and oxygen atoms in total. The Bertz CT molecular complexity index is 303. The highest BCUT2D eigenvalue weighted by Gasteiger charge is 2.28. The molecule has 1 heterocycles. The summed E-state index contributed by atoms with van der Waals surface area (Å²) < 4.78 is 0. The highest BCUT2D eigenvalue weighted by molar-refractivity contribution is 8.00. The molecule has 0 bridgehead atoms. The van der Waals surface area contributed by atoms with Gasteiger partial charge in [-0.3, -0.25) is 9.69 Å². The molecular weight excluding hydrogens is 268 g/mol. The average Bonchev–Trinajstić information content (AvgIpc) is 2.75. The number of rotatable bonds is 4. The van der Waals surface area contributed by atoms with Crippen LogP contribution in [0.1, 0.15) is 58.8 Å². The second-order valence-electron chi connectivity index (χ2n) is 6.27. The van der Waals surface area contributed by atoms with Gasteiger partial charge in [0.1, 0.15) is 0 Å². The number of carbonyl (C=O) groups is 1. The number of hydrogen-bond acceptors (Lipinski definition) is 3. The van der Waals surface area contributed by atoms with Crippen LogP contribution in [0.25, 0.3) is 0 Å². The molecule has 0 aromatic rings. The van der Waals surface area contributed by atoms with Crippen LogP contribution in [-0.4, -0.2) is 47.0 Å². The molecule has 1 N–H and O–H groups in total. The molecular formula is C16H30N2OS. The Hall–Kier alpha value is -0.220. The van der Waals surface area contributed by atoms with E-state index in [0.29, 0.717) is 11.3 Å². The van der Waals surface area contributed by atoms with Gasteiger partial charge < -0.3 is 5.32 Å². The van der Waals surface area contributed by atoms with E-state index in [1.807, 2.05) is 0 Å². The minimum absolute atomic E-state index is 0.0354. The lowest BCUT2D eigenvalue weighted by molar-refractivity contribution is -0.126. The Kier molecular flexibility index (Phi) is 6.69. The molecule has 0 aromatic carbocycles. The molecule has 116 valence electrons. The number of nitrogens with one attached hydrogen (secondary N) is 1. The molecule has 2 fully saturated rings. The van der Waals surface area contributed by atoms with E-state index in [1.165, 1.54) is 50.7 Å². The van der Waals surface area contributed by atoms with Crippen LogP contribution in [0.3, 0.4) is 0 Å². The summed E-state index contributed by atoms with van der Waals surface area (Å²) in [6.45, 7) is 6.45. The molecule has 0 spiro atoms. The lowest BCUT2D eigenvalue weighted by Gasteiger charge is -2.36. The number of amides is 1. The summed E-state index contributed by atoms with van der Waals surface area (Å²) in [5.41, 5.74) is 0. The summed E-state index contributed by atoms with van der Waals surface area (Å²) >= 11 is 2.06. The summed E-state index contributed by atoms with van der Waals surface area (Å²) in [5.74, 6) is 1.41. The van der Waals surface area contributed by atoms with Crippen molar-refractivity contribution < 1.29 is 4.79 Å². The molecule has 2 atom stereocenters. The van der Waals surface area contributed by atoms with Gasteiger partial charge in [-0.05, 0) is 26.2 Å². The van der Waals surface area contributed by atoms with Crippen LogP contribution in [0.15, 0.2) is 0 Å². The molecule has 4 heteroatoms. The summed E-state index contributed by atoms with van der Waals surface area (Å²) in [7, 11) is 0. The van der Waals surface area contributed by atoms with Gasteiger partial charge in [0.25, 0.3) is 0 Å². The van der Waals surface area contributed by atoms with Crippen LogP contribution < -0.4 is 5.32 Å². The van der Waals surface area contributed by atoms with Gasteiger partial charge in [0, 0.05) is 30.1 Å². The van der Waals surface area contributed by atoms with Crippen molar-refractivity contribution in [3.05, 3.63) is 0 Å². The molecule has 2 aliphatic rings. The van der Waals surface area contributed by atoms with Crippen molar-refractivity contribution in [2.45, 2.75) is 76.1 Å². The summed E-state index contributed by atoms with van der Waals surface area (Å²) in [6, 6.07) is 0.460. The zero-order chi connectivity index (χ0) is 14.4. The molecule has 1 aliphatic heterocycles. The summed E-state index contributed by atoms with van der Waals surface area (Å²) in [5, 5.41) is 4.01. The quantitative estimate of drug-likeness (QED) is 0.810. The zero-order valence-electron chi connectivity index (χ0n) is 13.1. The molecule has 20 heavy (non-hydrogen) atoms. The first-order valence-corrected chi connectivity index (χ1v) is 9.41. The lowest BCUT2D eigenvalue weighted by atomic mass is 10.1. The first-order valence-electron chi connectivity index (χ1n) is 8.36. The fourth-order valence-corrected chi connectivity index (χ4v) is 4.46. The molecule has 1 amide bonds. The highest BCUT2D eigenvalue weighted by atomic mass is 32.2. The van der Waals surface area contributed by atoms with E-state index in [-0.39, 0.29) is 11.9 Å². The van der Waals surface area contributed by atoms with Crippen molar-refractivity contribution in [1.82, 2.24) is 10.2 Å². The maximum atomic E-state index is 12.5. The molecule has 1 aliphatic carbocycles. The number of hydrogen-bond donors (Lipinski definition) is 1. The van der Waals surface area contributed by atoms with Gasteiger partial charge in [0.15, 0.2) is 0 Å². The minimum atomic E-state index is 0.0354. The second-order valence-corrected chi connectivity index (χ2v) is 7.68. The van der Waals surface area contributed by atoms with Crippen LogP contribution in [0.4, 0.5) is 0 Å². The van der Waals surface area contributed by atoms with Gasteiger partial charge >= 0.3 is 0 Å². The smallest absolute Gasteiger partial charge is 0.237 e. The van der Waals surface area contributed by atoms with Crippen molar-refractivity contribution in [1.29, 1.82) is 0 Å². The lowest BCUT2D eigenvalue weighted by Crippen LogP contribution is -2.52. The van der Waals surface area contributed by atoms with Crippen molar-refractivity contribution in [3.63, 3.8) is 0 Å². The Labute approximate surface area is 128 Å². The first-order chi connectivity index (χ1) is 9.70. The maximum Gasteiger partial charge on any atom is 0.237 e. The fourth-order valence-electron chi connectivity index (χ4n) is 3.25. The van der Waals surface area contributed by atoms with E-state index >= 15 is 0 Å². The van der Waals surface area contributed by atoms with E-state index in [4.69, 9.17) is 0 Å². The van der Waals surface area contributed by atoms with Gasteiger partial charge in [-0.1, -0.05) is 32.6 Å². The van der Waals surface area contributed by atoms with Gasteiger partial charge in [0.05, 0.1) is 6.04 Å². The molecule has 0 unspecified atom stereocenters. The molecule has 1 saturated carbocycles. The third kappa shape index (κ3) is 4.66. The van der Waals surface area contributed by atoms with Gasteiger partial charge in [-0.2, -0.15) is 11.8 Å². The highest BCUT2D eigenvalue weighted by Crippen LogP contribution is 2.23. The first kappa shape index (κ1) is 16.2.